The molecule has 0 aliphatic carbocycles. The van der Waals surface area contributed by atoms with Crippen LogP contribution in [0.5, 0.6) is 0 Å². The Labute approximate surface area is 78.5 Å². The maximum Gasteiger partial charge on any atom is 0.279 e. The van der Waals surface area contributed by atoms with Crippen LogP contribution >= 0.6 is 0 Å². The lowest BCUT2D eigenvalue weighted by Crippen LogP contribution is -2.27. The molecule has 0 saturated carbocycles. The molecule has 2 aromatic rings. The van der Waals surface area contributed by atoms with Gasteiger partial charge in [0.15, 0.2) is 0 Å². The van der Waals surface area contributed by atoms with Crippen molar-refractivity contribution < 1.29 is 4.74 Å². The highest BCUT2D eigenvalue weighted by molar-refractivity contribution is 5.31. The predicted molar refractivity (Wildman–Crippen MR) is 47.0 cm³/mol. The van der Waals surface area contributed by atoms with Crippen molar-refractivity contribution in [3.63, 3.8) is 0 Å². The summed E-state index contributed by atoms with van der Waals surface area (Å²) in [5.41, 5.74) is 1.34. The first-order valence-corrected chi connectivity index (χ1v) is 4.38. The molecule has 0 fully saturated rings. The number of fused-ring (bicyclic) bond motifs is 2. The molecule has 1 N–H and O–H groups in total. The Hall–Kier alpha value is -1.69. The molecule has 3 rings (SSSR count). The Kier molecular flexibility index (Phi) is 1.45. The zero-order valence-electron chi connectivity index (χ0n) is 7.36. The third-order valence-corrected chi connectivity index (χ3v) is 2.34. The third kappa shape index (κ3) is 0.912. The molecule has 0 radical (unpaired) electrons. The first-order chi connectivity index (χ1) is 6.86. The van der Waals surface area contributed by atoms with Gasteiger partial charge in [-0.25, -0.2) is 9.97 Å². The van der Waals surface area contributed by atoms with Crippen LogP contribution < -0.4 is 5.56 Å². The largest absolute Gasteiger partial charge is 0.376 e. The number of hydrogen-bond acceptors (Lipinski definition) is 4. The number of ether oxygens (including phenoxy) is 1. The quantitative estimate of drug-likeness (QED) is 0.610. The van der Waals surface area contributed by atoms with Crippen LogP contribution in [0.25, 0.3) is 5.78 Å². The van der Waals surface area contributed by atoms with E-state index in [0.717, 1.165) is 5.69 Å². The van der Waals surface area contributed by atoms with E-state index < -0.39 is 0 Å². The summed E-state index contributed by atoms with van der Waals surface area (Å²) >= 11 is 0. The van der Waals surface area contributed by atoms with Crippen molar-refractivity contribution in [2.45, 2.75) is 13.0 Å². The summed E-state index contributed by atoms with van der Waals surface area (Å²) < 4.78 is 6.54. The van der Waals surface area contributed by atoms with Crippen molar-refractivity contribution in [1.82, 2.24) is 19.6 Å². The van der Waals surface area contributed by atoms with Crippen LogP contribution in [-0.2, 0) is 17.8 Å². The Morgan fingerprint density at radius 2 is 2.50 bits per heavy atom. The highest BCUT2D eigenvalue weighted by atomic mass is 16.5. The summed E-state index contributed by atoms with van der Waals surface area (Å²) in [7, 11) is 0. The number of hydrogen-bond donors (Lipinski definition) is 1. The van der Waals surface area contributed by atoms with Gasteiger partial charge in [-0.15, -0.1) is 0 Å². The highest BCUT2D eigenvalue weighted by Crippen LogP contribution is 2.10. The van der Waals surface area contributed by atoms with Gasteiger partial charge in [-0.2, -0.15) is 4.52 Å². The van der Waals surface area contributed by atoms with Crippen LogP contribution in [0, 0.1) is 0 Å². The summed E-state index contributed by atoms with van der Waals surface area (Å²) in [6.07, 6.45) is 2.14. The van der Waals surface area contributed by atoms with Gasteiger partial charge in [0, 0.05) is 6.42 Å². The van der Waals surface area contributed by atoms with Gasteiger partial charge in [0.2, 0.25) is 0 Å². The molecule has 0 amide bonds. The minimum Gasteiger partial charge on any atom is -0.376 e. The molecular formula is C8H8N4O2. The van der Waals surface area contributed by atoms with Gasteiger partial charge in [-0.05, 0) is 0 Å². The van der Waals surface area contributed by atoms with Crippen LogP contribution in [0.15, 0.2) is 11.1 Å². The molecule has 6 heteroatoms. The van der Waals surface area contributed by atoms with E-state index in [9.17, 15) is 4.79 Å². The van der Waals surface area contributed by atoms with E-state index in [1.54, 1.807) is 0 Å². The minimum absolute atomic E-state index is 0.109. The van der Waals surface area contributed by atoms with Gasteiger partial charge >= 0.3 is 0 Å². The molecule has 0 saturated heterocycles. The Morgan fingerprint density at radius 3 is 3.43 bits per heavy atom. The van der Waals surface area contributed by atoms with Crippen LogP contribution in [0.2, 0.25) is 0 Å². The van der Waals surface area contributed by atoms with Crippen molar-refractivity contribution in [3.8, 4) is 0 Å². The Bertz CT molecular complexity index is 542. The average Bonchev–Trinajstić information content (AvgIpc) is 2.66. The molecule has 2 aromatic heterocycles. The molecule has 0 aromatic carbocycles. The minimum atomic E-state index is -0.109. The molecule has 72 valence electrons. The monoisotopic (exact) mass is 192 g/mol. The summed E-state index contributed by atoms with van der Waals surface area (Å²) in [5.74, 6) is 0.427. The second kappa shape index (κ2) is 2.65. The van der Waals surface area contributed by atoms with Crippen molar-refractivity contribution >= 4 is 5.78 Å². The maximum atomic E-state index is 11.8. The van der Waals surface area contributed by atoms with Crippen molar-refractivity contribution in [2.24, 2.45) is 0 Å². The van der Waals surface area contributed by atoms with E-state index in [4.69, 9.17) is 4.74 Å². The number of aromatic amines is 1. The highest BCUT2D eigenvalue weighted by Gasteiger charge is 2.17. The standard InChI is InChI=1S/C8H8N4O2/c13-7-5-3-14-2-1-6(5)11-8-9-4-10-12(7)8/h4H,1-3H2,(H,9,10,11). The van der Waals surface area contributed by atoms with Crippen LogP contribution in [0.1, 0.15) is 11.3 Å². The van der Waals surface area contributed by atoms with E-state index in [-0.39, 0.29) is 5.56 Å². The molecule has 0 bridgehead atoms. The van der Waals surface area contributed by atoms with E-state index in [1.165, 1.54) is 10.8 Å². The van der Waals surface area contributed by atoms with Gasteiger partial charge in [0.05, 0.1) is 24.5 Å². The number of nitrogens with zero attached hydrogens (tertiary/aromatic N) is 3. The summed E-state index contributed by atoms with van der Waals surface area (Å²) in [6.45, 7) is 0.975. The second-order valence-electron chi connectivity index (χ2n) is 3.17. The second-order valence-corrected chi connectivity index (χ2v) is 3.17. The fourth-order valence-electron chi connectivity index (χ4n) is 1.63. The lowest BCUT2D eigenvalue weighted by molar-refractivity contribution is 0.108. The predicted octanol–water partition coefficient (Wildman–Crippen LogP) is -0.510. The zero-order valence-corrected chi connectivity index (χ0v) is 7.36. The molecule has 14 heavy (non-hydrogen) atoms. The summed E-state index contributed by atoms with van der Waals surface area (Å²) in [4.78, 5) is 20.0. The van der Waals surface area contributed by atoms with E-state index in [2.05, 4.69) is 15.1 Å². The van der Waals surface area contributed by atoms with Crippen LogP contribution in [0.3, 0.4) is 0 Å². The SMILES string of the molecule is O=c1c2c(nc3nc[nH]n13)CCOC2. The molecule has 6 nitrogen and oxygen atoms in total. The van der Waals surface area contributed by atoms with Crippen molar-refractivity contribution in [2.75, 3.05) is 6.61 Å². The molecule has 1 aliphatic heterocycles. The number of nitrogens with one attached hydrogen (secondary N) is 1. The van der Waals surface area contributed by atoms with E-state index in [1.807, 2.05) is 0 Å². The Morgan fingerprint density at radius 1 is 1.57 bits per heavy atom. The number of H-pyrrole nitrogens is 1. The van der Waals surface area contributed by atoms with Crippen LogP contribution in [0.4, 0.5) is 0 Å². The van der Waals surface area contributed by atoms with Crippen molar-refractivity contribution in [1.29, 1.82) is 0 Å². The van der Waals surface area contributed by atoms with Gasteiger partial charge in [-0.1, -0.05) is 0 Å². The van der Waals surface area contributed by atoms with E-state index >= 15 is 0 Å². The topological polar surface area (TPSA) is 72.3 Å². The summed E-state index contributed by atoms with van der Waals surface area (Å²) in [5, 5.41) is 2.71. The van der Waals surface area contributed by atoms with Crippen molar-refractivity contribution in [3.05, 3.63) is 27.9 Å². The molecule has 0 atom stereocenters. The third-order valence-electron chi connectivity index (χ3n) is 2.34. The number of aromatic nitrogens is 4. The maximum absolute atomic E-state index is 11.8. The van der Waals surface area contributed by atoms with Crippen LogP contribution in [-0.4, -0.2) is 26.2 Å². The Balaban J connectivity index is 2.42. The van der Waals surface area contributed by atoms with Gasteiger partial charge in [0.1, 0.15) is 6.33 Å². The fraction of sp³-hybridized carbons (Fsp3) is 0.375. The molecule has 0 spiro atoms. The van der Waals surface area contributed by atoms with Gasteiger partial charge in [0.25, 0.3) is 11.3 Å². The molecule has 3 heterocycles. The zero-order chi connectivity index (χ0) is 9.54. The fourth-order valence-corrected chi connectivity index (χ4v) is 1.63. The van der Waals surface area contributed by atoms with Gasteiger partial charge < -0.3 is 4.74 Å². The smallest absolute Gasteiger partial charge is 0.279 e. The lowest BCUT2D eigenvalue weighted by atomic mass is 10.1. The molecule has 1 aliphatic rings. The first-order valence-electron chi connectivity index (χ1n) is 4.38. The average molecular weight is 192 g/mol. The summed E-state index contributed by atoms with van der Waals surface area (Å²) in [6, 6.07) is 0. The first kappa shape index (κ1) is 7.69. The van der Waals surface area contributed by atoms with Gasteiger partial charge in [-0.3, -0.25) is 9.89 Å². The lowest BCUT2D eigenvalue weighted by Gasteiger charge is -2.13. The number of rotatable bonds is 0. The molecular weight excluding hydrogens is 184 g/mol. The van der Waals surface area contributed by atoms with E-state index in [0.29, 0.717) is 31.0 Å². The normalized spacial score (nSPS) is 15.7. The molecule has 0 unspecified atom stereocenters.